The summed E-state index contributed by atoms with van der Waals surface area (Å²) in [5.41, 5.74) is 0. The summed E-state index contributed by atoms with van der Waals surface area (Å²) in [6.07, 6.45) is 8.96. The fourth-order valence-corrected chi connectivity index (χ4v) is 0.612. The summed E-state index contributed by atoms with van der Waals surface area (Å²) in [7, 11) is 0. The van der Waals surface area contributed by atoms with Gasteiger partial charge in [-0.1, -0.05) is 59.3 Å². The molecule has 2 aliphatic rings. The molecule has 0 heteroatoms. The van der Waals surface area contributed by atoms with Crippen molar-refractivity contribution in [2.45, 2.75) is 59.3 Å². The Morgan fingerprint density at radius 3 is 1.10 bits per heavy atom. The zero-order chi connectivity index (χ0) is 7.82. The second kappa shape index (κ2) is 7.11. The van der Waals surface area contributed by atoms with E-state index in [1.54, 1.807) is 0 Å². The molecular weight excluding hydrogens is 120 g/mol. The monoisotopic (exact) mass is 142 g/mol. The van der Waals surface area contributed by atoms with Gasteiger partial charge in [0.05, 0.1) is 0 Å². The molecule has 0 nitrogen and oxygen atoms in total. The van der Waals surface area contributed by atoms with Gasteiger partial charge in [0, 0.05) is 0 Å². The van der Waals surface area contributed by atoms with Crippen LogP contribution in [0.4, 0.5) is 0 Å². The van der Waals surface area contributed by atoms with E-state index in [1.165, 1.54) is 38.5 Å². The molecule has 62 valence electrons. The molecule has 0 aliphatic heterocycles. The SMILES string of the molecule is C1CC1.CC.CC1CCC1. The molecule has 2 fully saturated rings. The average Bonchev–Trinajstić information content (AvgIpc) is 2.73. The molecule has 0 heterocycles. The summed E-state index contributed by atoms with van der Waals surface area (Å²) in [5, 5.41) is 0. The molecule has 0 unspecified atom stereocenters. The van der Waals surface area contributed by atoms with Gasteiger partial charge >= 0.3 is 0 Å². The fraction of sp³-hybridized carbons (Fsp3) is 1.00. The van der Waals surface area contributed by atoms with Gasteiger partial charge in [-0.2, -0.15) is 0 Å². The Morgan fingerprint density at radius 1 is 0.800 bits per heavy atom. The van der Waals surface area contributed by atoms with Crippen LogP contribution >= 0.6 is 0 Å². The Bertz CT molecular complexity index is 48.3. The quantitative estimate of drug-likeness (QED) is 0.479. The molecule has 0 N–H and O–H groups in total. The van der Waals surface area contributed by atoms with Crippen LogP contribution in [-0.2, 0) is 0 Å². The molecule has 0 spiro atoms. The lowest BCUT2D eigenvalue weighted by atomic mass is 9.88. The predicted octanol–water partition coefficient (Wildman–Crippen LogP) is 4.00. The van der Waals surface area contributed by atoms with Crippen LogP contribution in [0.15, 0.2) is 0 Å². The van der Waals surface area contributed by atoms with Crippen molar-refractivity contribution in [3.63, 3.8) is 0 Å². The highest BCUT2D eigenvalue weighted by atomic mass is 14.1. The topological polar surface area (TPSA) is 0 Å². The summed E-state index contributed by atoms with van der Waals surface area (Å²) in [5.74, 6) is 1.06. The molecule has 0 bridgehead atoms. The fourth-order valence-electron chi connectivity index (χ4n) is 0.612. The average molecular weight is 142 g/mol. The Kier molecular flexibility index (Phi) is 7.11. The minimum absolute atomic E-state index is 1.06. The van der Waals surface area contributed by atoms with Crippen molar-refractivity contribution in [2.24, 2.45) is 5.92 Å². The van der Waals surface area contributed by atoms with Crippen molar-refractivity contribution < 1.29 is 0 Å². The lowest BCUT2D eigenvalue weighted by molar-refractivity contribution is 0.346. The van der Waals surface area contributed by atoms with Gasteiger partial charge in [-0.3, -0.25) is 0 Å². The first kappa shape index (κ1) is 10.0. The lowest BCUT2D eigenvalue weighted by Gasteiger charge is -2.18. The Balaban J connectivity index is 0.000000140. The highest BCUT2D eigenvalue weighted by Crippen LogP contribution is 2.24. The summed E-state index contributed by atoms with van der Waals surface area (Å²) >= 11 is 0. The first-order chi connectivity index (χ1) is 4.89. The minimum Gasteiger partial charge on any atom is -0.0683 e. The van der Waals surface area contributed by atoms with E-state index < -0.39 is 0 Å². The van der Waals surface area contributed by atoms with E-state index >= 15 is 0 Å². The van der Waals surface area contributed by atoms with Gasteiger partial charge in [-0.05, 0) is 5.92 Å². The van der Waals surface area contributed by atoms with E-state index in [4.69, 9.17) is 0 Å². The third kappa shape index (κ3) is 8.00. The van der Waals surface area contributed by atoms with Crippen LogP contribution in [0.1, 0.15) is 59.3 Å². The van der Waals surface area contributed by atoms with E-state index in [0.29, 0.717) is 0 Å². The molecule has 2 rings (SSSR count). The molecule has 0 radical (unpaired) electrons. The van der Waals surface area contributed by atoms with Gasteiger partial charge in [0.15, 0.2) is 0 Å². The van der Waals surface area contributed by atoms with Gasteiger partial charge < -0.3 is 0 Å². The third-order valence-corrected chi connectivity index (χ3v) is 1.75. The van der Waals surface area contributed by atoms with Crippen LogP contribution in [0.25, 0.3) is 0 Å². The Labute approximate surface area is 66.0 Å². The van der Waals surface area contributed by atoms with Gasteiger partial charge in [0.25, 0.3) is 0 Å². The summed E-state index contributed by atoms with van der Waals surface area (Å²) in [6.45, 7) is 6.31. The van der Waals surface area contributed by atoms with Crippen molar-refractivity contribution >= 4 is 0 Å². The zero-order valence-electron chi connectivity index (χ0n) is 7.82. The van der Waals surface area contributed by atoms with Crippen molar-refractivity contribution in [2.75, 3.05) is 0 Å². The van der Waals surface area contributed by atoms with E-state index in [1.807, 2.05) is 13.8 Å². The van der Waals surface area contributed by atoms with Crippen molar-refractivity contribution in [3.8, 4) is 0 Å². The highest BCUT2D eigenvalue weighted by Gasteiger charge is 2.09. The van der Waals surface area contributed by atoms with Crippen LogP contribution in [0.5, 0.6) is 0 Å². The molecular formula is C10H22. The number of rotatable bonds is 0. The second-order valence-corrected chi connectivity index (χ2v) is 3.10. The smallest absolute Gasteiger partial charge is 0.0443 e. The molecule has 0 saturated heterocycles. The maximum atomic E-state index is 2.31. The van der Waals surface area contributed by atoms with Crippen molar-refractivity contribution in [3.05, 3.63) is 0 Å². The highest BCUT2D eigenvalue weighted by molar-refractivity contribution is 4.62. The molecule has 10 heavy (non-hydrogen) atoms. The molecule has 2 saturated carbocycles. The van der Waals surface area contributed by atoms with E-state index in [0.717, 1.165) is 5.92 Å². The minimum atomic E-state index is 1.06. The van der Waals surface area contributed by atoms with E-state index in [2.05, 4.69) is 6.92 Å². The molecule has 0 aromatic heterocycles. The van der Waals surface area contributed by atoms with Gasteiger partial charge in [0.2, 0.25) is 0 Å². The normalized spacial score (nSPS) is 20.7. The summed E-state index contributed by atoms with van der Waals surface area (Å²) in [6, 6.07) is 0. The first-order valence-corrected chi connectivity index (χ1v) is 4.89. The van der Waals surface area contributed by atoms with Crippen molar-refractivity contribution in [1.82, 2.24) is 0 Å². The van der Waals surface area contributed by atoms with Crippen LogP contribution < -0.4 is 0 Å². The maximum Gasteiger partial charge on any atom is -0.0443 e. The molecule has 2 aliphatic carbocycles. The predicted molar refractivity (Wildman–Crippen MR) is 48.2 cm³/mol. The van der Waals surface area contributed by atoms with Gasteiger partial charge in [-0.25, -0.2) is 0 Å². The summed E-state index contributed by atoms with van der Waals surface area (Å²) < 4.78 is 0. The Morgan fingerprint density at radius 2 is 1.10 bits per heavy atom. The van der Waals surface area contributed by atoms with Gasteiger partial charge in [0.1, 0.15) is 0 Å². The summed E-state index contributed by atoms with van der Waals surface area (Å²) in [4.78, 5) is 0. The largest absolute Gasteiger partial charge is 0.0683 e. The molecule has 0 atom stereocenters. The Hall–Kier alpha value is 0. The van der Waals surface area contributed by atoms with E-state index in [-0.39, 0.29) is 0 Å². The van der Waals surface area contributed by atoms with Gasteiger partial charge in [-0.15, -0.1) is 0 Å². The van der Waals surface area contributed by atoms with Crippen LogP contribution in [0, 0.1) is 5.92 Å². The van der Waals surface area contributed by atoms with Crippen LogP contribution in [0.3, 0.4) is 0 Å². The first-order valence-electron chi connectivity index (χ1n) is 4.89. The number of hydrogen-bond donors (Lipinski definition) is 0. The second-order valence-electron chi connectivity index (χ2n) is 3.10. The van der Waals surface area contributed by atoms with Crippen LogP contribution in [0.2, 0.25) is 0 Å². The maximum absolute atomic E-state index is 2.31. The number of hydrogen-bond acceptors (Lipinski definition) is 0. The van der Waals surface area contributed by atoms with Crippen LogP contribution in [-0.4, -0.2) is 0 Å². The standard InChI is InChI=1S/C5H10.C3H6.C2H6/c1-5-3-2-4-5;1-2-3-1;1-2/h5H,2-4H2,1H3;1-3H2;1-2H3. The molecule has 0 amide bonds. The molecule has 0 aromatic rings. The van der Waals surface area contributed by atoms with E-state index in [9.17, 15) is 0 Å². The lowest BCUT2D eigenvalue weighted by Crippen LogP contribution is -2.04. The zero-order valence-corrected chi connectivity index (χ0v) is 7.82. The third-order valence-electron chi connectivity index (χ3n) is 1.75. The molecule has 0 aromatic carbocycles. The van der Waals surface area contributed by atoms with Crippen molar-refractivity contribution in [1.29, 1.82) is 0 Å².